The van der Waals surface area contributed by atoms with E-state index < -0.39 is 0 Å². The van der Waals surface area contributed by atoms with Crippen LogP contribution in [0.4, 0.5) is 0 Å². The second-order valence-electron chi connectivity index (χ2n) is 4.77. The SMILES string of the molecule is Clc1cnn(-c2ccc(CC3CCCN3)cc2)c1. The van der Waals surface area contributed by atoms with Gasteiger partial charge in [-0.15, -0.1) is 0 Å². The number of halogens is 1. The first-order valence-electron chi connectivity index (χ1n) is 6.34. The fourth-order valence-corrected chi connectivity index (χ4v) is 2.58. The molecular formula is C14H16ClN3. The van der Waals surface area contributed by atoms with E-state index in [9.17, 15) is 0 Å². The van der Waals surface area contributed by atoms with E-state index in [2.05, 4.69) is 34.7 Å². The molecule has 94 valence electrons. The van der Waals surface area contributed by atoms with Crippen LogP contribution in [-0.4, -0.2) is 22.4 Å². The van der Waals surface area contributed by atoms with Crippen molar-refractivity contribution in [1.82, 2.24) is 15.1 Å². The summed E-state index contributed by atoms with van der Waals surface area (Å²) in [5.74, 6) is 0. The quantitative estimate of drug-likeness (QED) is 0.921. The van der Waals surface area contributed by atoms with Gasteiger partial charge in [0, 0.05) is 12.2 Å². The van der Waals surface area contributed by atoms with Crippen LogP contribution in [0.2, 0.25) is 5.02 Å². The summed E-state index contributed by atoms with van der Waals surface area (Å²) in [5.41, 5.74) is 2.42. The zero-order valence-corrected chi connectivity index (χ0v) is 10.9. The molecule has 1 saturated heterocycles. The van der Waals surface area contributed by atoms with Crippen LogP contribution in [0.1, 0.15) is 18.4 Å². The summed E-state index contributed by atoms with van der Waals surface area (Å²) in [6.45, 7) is 1.16. The molecule has 1 aromatic carbocycles. The van der Waals surface area contributed by atoms with E-state index in [1.54, 1.807) is 10.9 Å². The van der Waals surface area contributed by atoms with Crippen LogP contribution in [0.15, 0.2) is 36.7 Å². The van der Waals surface area contributed by atoms with Crippen molar-refractivity contribution in [2.24, 2.45) is 0 Å². The number of hydrogen-bond donors (Lipinski definition) is 1. The summed E-state index contributed by atoms with van der Waals surface area (Å²) in [5, 5.41) is 8.37. The highest BCUT2D eigenvalue weighted by Crippen LogP contribution is 2.15. The Morgan fingerprint density at radius 2 is 2.17 bits per heavy atom. The van der Waals surface area contributed by atoms with Gasteiger partial charge in [-0.2, -0.15) is 5.10 Å². The van der Waals surface area contributed by atoms with Gasteiger partial charge in [-0.3, -0.25) is 0 Å². The lowest BCUT2D eigenvalue weighted by Crippen LogP contribution is -2.23. The zero-order valence-electron chi connectivity index (χ0n) is 10.1. The van der Waals surface area contributed by atoms with E-state index in [4.69, 9.17) is 11.6 Å². The van der Waals surface area contributed by atoms with E-state index in [0.717, 1.165) is 18.7 Å². The first-order chi connectivity index (χ1) is 8.81. The lowest BCUT2D eigenvalue weighted by atomic mass is 10.0. The minimum absolute atomic E-state index is 0.648. The highest BCUT2D eigenvalue weighted by molar-refractivity contribution is 6.30. The van der Waals surface area contributed by atoms with Crippen LogP contribution in [0, 0.1) is 0 Å². The molecule has 18 heavy (non-hydrogen) atoms. The third kappa shape index (κ3) is 2.57. The third-order valence-electron chi connectivity index (χ3n) is 3.40. The number of rotatable bonds is 3. The number of nitrogens with zero attached hydrogens (tertiary/aromatic N) is 2. The molecule has 0 amide bonds. The largest absolute Gasteiger partial charge is 0.314 e. The molecule has 2 heterocycles. The summed E-state index contributed by atoms with van der Waals surface area (Å²) in [7, 11) is 0. The number of aromatic nitrogens is 2. The Labute approximate surface area is 112 Å². The van der Waals surface area contributed by atoms with Gasteiger partial charge in [-0.25, -0.2) is 4.68 Å². The van der Waals surface area contributed by atoms with Gasteiger partial charge in [0.05, 0.1) is 16.9 Å². The van der Waals surface area contributed by atoms with E-state index in [1.165, 1.54) is 18.4 Å². The van der Waals surface area contributed by atoms with E-state index in [0.29, 0.717) is 11.1 Å². The minimum Gasteiger partial charge on any atom is -0.314 e. The fraction of sp³-hybridized carbons (Fsp3) is 0.357. The third-order valence-corrected chi connectivity index (χ3v) is 3.59. The van der Waals surface area contributed by atoms with Crippen molar-refractivity contribution in [2.45, 2.75) is 25.3 Å². The van der Waals surface area contributed by atoms with Gasteiger partial charge >= 0.3 is 0 Å². The fourth-order valence-electron chi connectivity index (χ4n) is 2.44. The highest BCUT2D eigenvalue weighted by atomic mass is 35.5. The van der Waals surface area contributed by atoms with Gasteiger partial charge in [0.2, 0.25) is 0 Å². The summed E-state index contributed by atoms with van der Waals surface area (Å²) in [6, 6.07) is 9.17. The maximum absolute atomic E-state index is 5.86. The molecular weight excluding hydrogens is 246 g/mol. The van der Waals surface area contributed by atoms with Crippen LogP contribution < -0.4 is 5.32 Å². The van der Waals surface area contributed by atoms with Gasteiger partial charge in [0.1, 0.15) is 0 Å². The van der Waals surface area contributed by atoms with Gasteiger partial charge in [0.15, 0.2) is 0 Å². The molecule has 1 unspecified atom stereocenters. The van der Waals surface area contributed by atoms with Crippen molar-refractivity contribution in [3.8, 4) is 5.69 Å². The molecule has 0 bridgehead atoms. The molecule has 4 heteroatoms. The van der Waals surface area contributed by atoms with Crippen molar-refractivity contribution in [3.05, 3.63) is 47.2 Å². The molecule has 0 spiro atoms. The van der Waals surface area contributed by atoms with Crippen LogP contribution in [0.25, 0.3) is 5.69 Å². The maximum atomic E-state index is 5.86. The first-order valence-corrected chi connectivity index (χ1v) is 6.72. The predicted octanol–water partition coefficient (Wildman–Crippen LogP) is 2.82. The van der Waals surface area contributed by atoms with E-state index in [1.807, 2.05) is 6.20 Å². The Bertz CT molecular complexity index is 512. The van der Waals surface area contributed by atoms with Crippen molar-refractivity contribution in [3.63, 3.8) is 0 Å². The Kier molecular flexibility index (Phi) is 3.35. The van der Waals surface area contributed by atoms with E-state index >= 15 is 0 Å². The molecule has 1 fully saturated rings. The molecule has 3 nitrogen and oxygen atoms in total. The van der Waals surface area contributed by atoms with Crippen molar-refractivity contribution >= 4 is 11.6 Å². The average molecular weight is 262 g/mol. The average Bonchev–Trinajstić information content (AvgIpc) is 3.02. The van der Waals surface area contributed by atoms with Gasteiger partial charge in [-0.1, -0.05) is 23.7 Å². The molecule has 1 N–H and O–H groups in total. The number of benzene rings is 1. The molecule has 0 saturated carbocycles. The first kappa shape index (κ1) is 11.8. The molecule has 1 atom stereocenters. The summed E-state index contributed by atoms with van der Waals surface area (Å²) < 4.78 is 1.79. The van der Waals surface area contributed by atoms with Crippen molar-refractivity contribution in [2.75, 3.05) is 6.54 Å². The van der Waals surface area contributed by atoms with Crippen molar-refractivity contribution in [1.29, 1.82) is 0 Å². The van der Waals surface area contributed by atoms with Crippen LogP contribution in [0.3, 0.4) is 0 Å². The van der Waals surface area contributed by atoms with Crippen LogP contribution in [0.5, 0.6) is 0 Å². The normalized spacial score (nSPS) is 19.3. The van der Waals surface area contributed by atoms with E-state index in [-0.39, 0.29) is 0 Å². The summed E-state index contributed by atoms with van der Waals surface area (Å²) in [4.78, 5) is 0. The Hall–Kier alpha value is -1.32. The number of hydrogen-bond acceptors (Lipinski definition) is 2. The molecule has 1 aliphatic rings. The monoisotopic (exact) mass is 261 g/mol. The van der Waals surface area contributed by atoms with Crippen LogP contribution >= 0.6 is 11.6 Å². The lowest BCUT2D eigenvalue weighted by Gasteiger charge is -2.10. The second kappa shape index (κ2) is 5.12. The van der Waals surface area contributed by atoms with Crippen molar-refractivity contribution < 1.29 is 0 Å². The molecule has 2 aromatic rings. The topological polar surface area (TPSA) is 29.9 Å². The van der Waals surface area contributed by atoms with Crippen LogP contribution in [-0.2, 0) is 6.42 Å². The molecule has 0 aliphatic carbocycles. The Balaban J connectivity index is 1.72. The van der Waals surface area contributed by atoms with Gasteiger partial charge in [-0.05, 0) is 43.5 Å². The summed E-state index contributed by atoms with van der Waals surface area (Å²) >= 11 is 5.86. The number of nitrogens with one attached hydrogen (secondary N) is 1. The summed E-state index contributed by atoms with van der Waals surface area (Å²) in [6.07, 6.45) is 7.16. The smallest absolute Gasteiger partial charge is 0.0790 e. The maximum Gasteiger partial charge on any atom is 0.0790 e. The molecule has 0 radical (unpaired) electrons. The molecule has 1 aliphatic heterocycles. The highest BCUT2D eigenvalue weighted by Gasteiger charge is 2.14. The van der Waals surface area contributed by atoms with Gasteiger partial charge < -0.3 is 5.32 Å². The zero-order chi connectivity index (χ0) is 12.4. The predicted molar refractivity (Wildman–Crippen MR) is 73.3 cm³/mol. The Morgan fingerprint density at radius 3 is 2.78 bits per heavy atom. The second-order valence-corrected chi connectivity index (χ2v) is 5.20. The molecule has 3 rings (SSSR count). The minimum atomic E-state index is 0.648. The molecule has 1 aromatic heterocycles. The van der Waals surface area contributed by atoms with Gasteiger partial charge in [0.25, 0.3) is 0 Å². The lowest BCUT2D eigenvalue weighted by molar-refractivity contribution is 0.603. The Morgan fingerprint density at radius 1 is 1.33 bits per heavy atom. The standard InChI is InChI=1S/C14H16ClN3/c15-12-9-17-18(10-12)14-5-3-11(4-6-14)8-13-2-1-7-16-13/h3-6,9-10,13,16H,1-2,7-8H2.